The van der Waals surface area contributed by atoms with Crippen LogP contribution in [0.3, 0.4) is 0 Å². The summed E-state index contributed by atoms with van der Waals surface area (Å²) in [5, 5.41) is 0. The second kappa shape index (κ2) is 66.4. The van der Waals surface area contributed by atoms with E-state index in [0.717, 1.165) is 103 Å². The number of hydrogen-bond acceptors (Lipinski definition) is 6. The molecule has 0 aromatic rings. The largest absolute Gasteiger partial charge is 0.462 e. The Kier molecular flexibility index (Phi) is 63.7. The van der Waals surface area contributed by atoms with E-state index in [0.29, 0.717) is 19.3 Å². The number of unbranched alkanes of at least 4 members (excludes halogenated alkanes) is 39. The van der Waals surface area contributed by atoms with Crippen molar-refractivity contribution in [1.29, 1.82) is 0 Å². The summed E-state index contributed by atoms with van der Waals surface area (Å²) < 4.78 is 16.9. The Bertz CT molecular complexity index is 1440. The second-order valence-corrected chi connectivity index (χ2v) is 22.7. The highest BCUT2D eigenvalue weighted by molar-refractivity contribution is 5.71. The lowest BCUT2D eigenvalue weighted by atomic mass is 10.0. The van der Waals surface area contributed by atoms with Gasteiger partial charge in [0, 0.05) is 19.3 Å². The minimum Gasteiger partial charge on any atom is -0.462 e. The Labute approximate surface area is 484 Å². The van der Waals surface area contributed by atoms with Crippen LogP contribution in [-0.2, 0) is 28.6 Å². The molecule has 0 aromatic heterocycles. The van der Waals surface area contributed by atoms with E-state index in [1.54, 1.807) is 0 Å². The quantitative estimate of drug-likeness (QED) is 0.0261. The minimum atomic E-state index is -0.785. The molecule has 0 aromatic carbocycles. The maximum absolute atomic E-state index is 12.9. The van der Waals surface area contributed by atoms with Gasteiger partial charge in [0.2, 0.25) is 0 Å². The van der Waals surface area contributed by atoms with Gasteiger partial charge in [-0.05, 0) is 83.5 Å². The van der Waals surface area contributed by atoms with E-state index in [1.165, 1.54) is 205 Å². The molecule has 0 N–H and O–H groups in total. The molecule has 0 bridgehead atoms. The number of allylic oxidation sites excluding steroid dienone is 12. The standard InChI is InChI=1S/C72H128O6/c1-4-7-10-13-16-19-22-24-26-28-30-32-34-35-36-38-39-41-43-45-47-50-53-56-59-62-65-71(74)77-68-69(67-76-70(73)64-61-58-55-52-49-21-18-15-12-9-6-3)78-72(75)66-63-60-57-54-51-48-46-44-42-40-37-33-31-29-27-25-23-20-17-14-11-8-5-2/h8,11,15,17-18,20,25,27,31,33,40,42,69H,4-7,9-10,12-14,16,19,21-24,26,28-30,32,34-39,41,43-68H2,1-3H3/b11-8-,18-15-,20-17-,27-25-,33-31-,42-40-. The van der Waals surface area contributed by atoms with Gasteiger partial charge in [-0.1, -0.05) is 318 Å². The Morgan fingerprint density at radius 2 is 0.513 bits per heavy atom. The van der Waals surface area contributed by atoms with Crippen molar-refractivity contribution in [3.63, 3.8) is 0 Å². The van der Waals surface area contributed by atoms with E-state index in [4.69, 9.17) is 14.2 Å². The number of hydrogen-bond donors (Lipinski definition) is 0. The maximum Gasteiger partial charge on any atom is 0.306 e. The van der Waals surface area contributed by atoms with Crippen LogP contribution in [-0.4, -0.2) is 37.2 Å². The molecule has 452 valence electrons. The van der Waals surface area contributed by atoms with Gasteiger partial charge in [0.15, 0.2) is 6.10 Å². The number of rotatable bonds is 62. The third-order valence-electron chi connectivity index (χ3n) is 14.9. The smallest absolute Gasteiger partial charge is 0.306 e. The van der Waals surface area contributed by atoms with E-state index in [-0.39, 0.29) is 31.1 Å². The van der Waals surface area contributed by atoms with Gasteiger partial charge in [-0.15, -0.1) is 0 Å². The monoisotopic (exact) mass is 1090 g/mol. The first-order chi connectivity index (χ1) is 38.5. The first kappa shape index (κ1) is 74.8. The molecule has 0 fully saturated rings. The fourth-order valence-corrected chi connectivity index (χ4v) is 9.87. The lowest BCUT2D eigenvalue weighted by Gasteiger charge is -2.18. The average Bonchev–Trinajstić information content (AvgIpc) is 3.44. The average molecular weight is 1090 g/mol. The van der Waals surface area contributed by atoms with Crippen LogP contribution in [0, 0.1) is 0 Å². The fraction of sp³-hybridized carbons (Fsp3) is 0.792. The topological polar surface area (TPSA) is 78.9 Å². The molecular formula is C72H128O6. The molecule has 0 heterocycles. The van der Waals surface area contributed by atoms with Crippen LogP contribution < -0.4 is 0 Å². The predicted molar refractivity (Wildman–Crippen MR) is 339 cm³/mol. The molecular weight excluding hydrogens is 961 g/mol. The van der Waals surface area contributed by atoms with Gasteiger partial charge in [-0.25, -0.2) is 0 Å². The van der Waals surface area contributed by atoms with Crippen molar-refractivity contribution in [3.05, 3.63) is 72.9 Å². The summed E-state index contributed by atoms with van der Waals surface area (Å²) in [5.41, 5.74) is 0. The summed E-state index contributed by atoms with van der Waals surface area (Å²) in [6.45, 7) is 6.52. The van der Waals surface area contributed by atoms with Gasteiger partial charge < -0.3 is 14.2 Å². The molecule has 0 aliphatic carbocycles. The summed E-state index contributed by atoms with van der Waals surface area (Å²) in [5.74, 6) is -0.884. The number of carbonyl (C=O) groups excluding carboxylic acids is 3. The van der Waals surface area contributed by atoms with Crippen LogP contribution in [0.1, 0.15) is 348 Å². The third kappa shape index (κ3) is 63.7. The van der Waals surface area contributed by atoms with Gasteiger partial charge >= 0.3 is 17.9 Å². The van der Waals surface area contributed by atoms with Crippen molar-refractivity contribution < 1.29 is 28.6 Å². The zero-order valence-electron chi connectivity index (χ0n) is 51.9. The van der Waals surface area contributed by atoms with Crippen molar-refractivity contribution in [2.45, 2.75) is 354 Å². The summed E-state index contributed by atoms with van der Waals surface area (Å²) >= 11 is 0. The third-order valence-corrected chi connectivity index (χ3v) is 14.9. The molecule has 6 nitrogen and oxygen atoms in total. The van der Waals surface area contributed by atoms with Gasteiger partial charge in [0.05, 0.1) is 0 Å². The fourth-order valence-electron chi connectivity index (χ4n) is 9.87. The van der Waals surface area contributed by atoms with E-state index in [1.807, 2.05) is 0 Å². The Morgan fingerprint density at radius 1 is 0.269 bits per heavy atom. The number of esters is 3. The Hall–Kier alpha value is -3.15. The molecule has 0 aliphatic heterocycles. The normalized spacial score (nSPS) is 12.5. The van der Waals surface area contributed by atoms with Crippen LogP contribution in [0.15, 0.2) is 72.9 Å². The summed E-state index contributed by atoms with van der Waals surface area (Å²) in [6, 6.07) is 0. The molecule has 0 amide bonds. The van der Waals surface area contributed by atoms with E-state index < -0.39 is 6.10 Å². The summed E-state index contributed by atoms with van der Waals surface area (Å²) in [6.07, 6.45) is 86.5. The van der Waals surface area contributed by atoms with Crippen molar-refractivity contribution in [1.82, 2.24) is 0 Å². The minimum absolute atomic E-state index is 0.0795. The first-order valence-corrected chi connectivity index (χ1v) is 33.9. The Morgan fingerprint density at radius 3 is 0.833 bits per heavy atom. The molecule has 1 atom stereocenters. The van der Waals surface area contributed by atoms with Crippen LogP contribution in [0.5, 0.6) is 0 Å². The molecule has 0 rings (SSSR count). The van der Waals surface area contributed by atoms with Gasteiger partial charge in [-0.3, -0.25) is 14.4 Å². The SMILES string of the molecule is CC/C=C\C/C=C\C/C=C\C/C=C\C/C=C\CCCCCCCCCC(=O)OC(COC(=O)CCCCCCC/C=C\CCCC)COC(=O)CCCCCCCCCCCCCCCCCCCCCCCCCCCC. The molecule has 0 spiro atoms. The number of carbonyl (C=O) groups is 3. The maximum atomic E-state index is 12.9. The first-order valence-electron chi connectivity index (χ1n) is 33.9. The van der Waals surface area contributed by atoms with Gasteiger partial charge in [-0.2, -0.15) is 0 Å². The molecule has 1 unspecified atom stereocenters. The molecule has 0 saturated carbocycles. The highest BCUT2D eigenvalue weighted by Gasteiger charge is 2.19. The Balaban J connectivity index is 4.23. The van der Waals surface area contributed by atoms with Crippen molar-refractivity contribution in [2.75, 3.05) is 13.2 Å². The molecule has 0 aliphatic rings. The van der Waals surface area contributed by atoms with Gasteiger partial charge in [0.1, 0.15) is 13.2 Å². The summed E-state index contributed by atoms with van der Waals surface area (Å²) in [7, 11) is 0. The molecule has 6 heteroatoms. The van der Waals surface area contributed by atoms with Crippen LogP contribution >= 0.6 is 0 Å². The lowest BCUT2D eigenvalue weighted by molar-refractivity contribution is -0.167. The molecule has 0 saturated heterocycles. The van der Waals surface area contributed by atoms with Crippen LogP contribution in [0.25, 0.3) is 0 Å². The van der Waals surface area contributed by atoms with Crippen LogP contribution in [0.4, 0.5) is 0 Å². The predicted octanol–water partition coefficient (Wildman–Crippen LogP) is 23.3. The van der Waals surface area contributed by atoms with E-state index >= 15 is 0 Å². The van der Waals surface area contributed by atoms with Crippen molar-refractivity contribution in [3.8, 4) is 0 Å². The molecule has 78 heavy (non-hydrogen) atoms. The second-order valence-electron chi connectivity index (χ2n) is 22.7. The zero-order valence-corrected chi connectivity index (χ0v) is 51.9. The van der Waals surface area contributed by atoms with Crippen molar-refractivity contribution in [2.24, 2.45) is 0 Å². The molecule has 0 radical (unpaired) electrons. The highest BCUT2D eigenvalue weighted by atomic mass is 16.6. The summed E-state index contributed by atoms with van der Waals surface area (Å²) in [4.78, 5) is 38.3. The van der Waals surface area contributed by atoms with E-state index in [2.05, 4.69) is 93.7 Å². The lowest BCUT2D eigenvalue weighted by Crippen LogP contribution is -2.30. The van der Waals surface area contributed by atoms with Crippen LogP contribution in [0.2, 0.25) is 0 Å². The van der Waals surface area contributed by atoms with Crippen molar-refractivity contribution >= 4 is 17.9 Å². The van der Waals surface area contributed by atoms with Gasteiger partial charge in [0.25, 0.3) is 0 Å². The number of ether oxygens (including phenoxy) is 3. The highest BCUT2D eigenvalue weighted by Crippen LogP contribution is 2.18. The van der Waals surface area contributed by atoms with E-state index in [9.17, 15) is 14.4 Å². The zero-order chi connectivity index (χ0) is 56.4.